The quantitative estimate of drug-likeness (QED) is 0.648. The van der Waals surface area contributed by atoms with Crippen molar-refractivity contribution in [1.29, 1.82) is 0 Å². The average Bonchev–Trinajstić information content (AvgIpc) is 2.45. The number of benzene rings is 1. The van der Waals surface area contributed by atoms with Gasteiger partial charge in [-0.2, -0.15) is 0 Å². The number of hydrogen-bond donors (Lipinski definition) is 1. The molecule has 0 saturated carbocycles. The second-order valence-electron chi connectivity index (χ2n) is 5.21. The first-order chi connectivity index (χ1) is 9.59. The zero-order chi connectivity index (χ0) is 14.5. The number of hydrogen-bond acceptors (Lipinski definition) is 5. The van der Waals surface area contributed by atoms with Crippen molar-refractivity contribution in [2.45, 2.75) is 6.92 Å². The Morgan fingerprint density at radius 3 is 2.75 bits per heavy atom. The van der Waals surface area contributed by atoms with Crippen LogP contribution in [0.1, 0.15) is 5.56 Å². The summed E-state index contributed by atoms with van der Waals surface area (Å²) in [5.74, 6) is 0. The van der Waals surface area contributed by atoms with Crippen LogP contribution in [0.4, 0.5) is 11.4 Å². The molecule has 0 bridgehead atoms. The third kappa shape index (κ3) is 3.46. The van der Waals surface area contributed by atoms with E-state index in [0.29, 0.717) is 0 Å². The zero-order valence-corrected chi connectivity index (χ0v) is 12.1. The van der Waals surface area contributed by atoms with Crippen LogP contribution in [-0.2, 0) is 0 Å². The molecule has 1 aromatic carbocycles. The summed E-state index contributed by atoms with van der Waals surface area (Å²) in [6.45, 7) is 7.79. The van der Waals surface area contributed by atoms with E-state index in [1.807, 2.05) is 24.9 Å². The summed E-state index contributed by atoms with van der Waals surface area (Å²) in [6.07, 6.45) is 0. The first kappa shape index (κ1) is 14.7. The van der Waals surface area contributed by atoms with Crippen molar-refractivity contribution in [1.82, 2.24) is 10.2 Å². The first-order valence-corrected chi connectivity index (χ1v) is 6.98. The summed E-state index contributed by atoms with van der Waals surface area (Å²) in [7, 11) is 1.93. The van der Waals surface area contributed by atoms with E-state index in [9.17, 15) is 10.1 Å². The summed E-state index contributed by atoms with van der Waals surface area (Å²) in [6, 6.07) is 5.23. The highest BCUT2D eigenvalue weighted by Gasteiger charge is 2.19. The second-order valence-corrected chi connectivity index (χ2v) is 5.21. The van der Waals surface area contributed by atoms with Crippen LogP contribution in [0.25, 0.3) is 0 Å². The number of para-hydroxylation sites is 1. The molecule has 1 aliphatic heterocycles. The summed E-state index contributed by atoms with van der Waals surface area (Å²) < 4.78 is 0. The maximum absolute atomic E-state index is 11.1. The van der Waals surface area contributed by atoms with E-state index < -0.39 is 0 Å². The molecule has 0 amide bonds. The van der Waals surface area contributed by atoms with Crippen LogP contribution in [0.15, 0.2) is 18.2 Å². The molecule has 6 heteroatoms. The maximum atomic E-state index is 11.1. The van der Waals surface area contributed by atoms with Crippen LogP contribution in [-0.4, -0.2) is 56.1 Å². The molecule has 1 aromatic rings. The van der Waals surface area contributed by atoms with E-state index in [2.05, 4.69) is 10.2 Å². The fourth-order valence-electron chi connectivity index (χ4n) is 2.63. The van der Waals surface area contributed by atoms with Crippen LogP contribution in [0.2, 0.25) is 0 Å². The van der Waals surface area contributed by atoms with Crippen molar-refractivity contribution in [3.63, 3.8) is 0 Å². The topological polar surface area (TPSA) is 61.7 Å². The number of anilines is 1. The Hall–Kier alpha value is -1.66. The summed E-state index contributed by atoms with van der Waals surface area (Å²) in [5.41, 5.74) is 1.86. The third-order valence-corrected chi connectivity index (χ3v) is 3.76. The molecule has 0 aromatic heterocycles. The molecule has 0 aliphatic carbocycles. The largest absolute Gasteiger partial charge is 0.368 e. The lowest BCUT2D eigenvalue weighted by molar-refractivity contribution is -0.384. The monoisotopic (exact) mass is 278 g/mol. The van der Waals surface area contributed by atoms with Gasteiger partial charge in [0.05, 0.1) is 4.92 Å². The molecule has 2 rings (SSSR count). The van der Waals surface area contributed by atoms with Gasteiger partial charge in [0.2, 0.25) is 0 Å². The van der Waals surface area contributed by atoms with Gasteiger partial charge in [0.15, 0.2) is 0 Å². The van der Waals surface area contributed by atoms with Gasteiger partial charge in [0.1, 0.15) is 5.69 Å². The Morgan fingerprint density at radius 1 is 1.40 bits per heavy atom. The normalized spacial score (nSPS) is 16.1. The van der Waals surface area contributed by atoms with Crippen LogP contribution >= 0.6 is 0 Å². The van der Waals surface area contributed by atoms with E-state index in [1.54, 1.807) is 12.1 Å². The van der Waals surface area contributed by atoms with Gasteiger partial charge < -0.3 is 10.2 Å². The van der Waals surface area contributed by atoms with Crippen molar-refractivity contribution in [3.8, 4) is 0 Å². The number of likely N-dealkylation sites (N-methyl/N-ethyl adjacent to an activating group) is 1. The summed E-state index contributed by atoms with van der Waals surface area (Å²) in [5, 5.41) is 14.5. The van der Waals surface area contributed by atoms with Crippen molar-refractivity contribution < 1.29 is 4.92 Å². The van der Waals surface area contributed by atoms with E-state index in [0.717, 1.165) is 50.5 Å². The molecule has 6 nitrogen and oxygen atoms in total. The molecule has 0 unspecified atom stereocenters. The standard InChI is InChI=1S/C14H22N4O2/c1-12-4-3-5-13(18(19)20)14(12)16(2)10-11-17-8-6-15-7-9-17/h3-5,15H,6-11H2,1-2H3. The molecule has 1 saturated heterocycles. The predicted molar refractivity (Wildman–Crippen MR) is 80.4 cm³/mol. The van der Waals surface area contributed by atoms with Crippen LogP contribution in [0.5, 0.6) is 0 Å². The van der Waals surface area contributed by atoms with Gasteiger partial charge >= 0.3 is 0 Å². The highest BCUT2D eigenvalue weighted by Crippen LogP contribution is 2.30. The van der Waals surface area contributed by atoms with Gasteiger partial charge in [0.25, 0.3) is 5.69 Å². The van der Waals surface area contributed by atoms with Crippen LogP contribution in [0.3, 0.4) is 0 Å². The van der Waals surface area contributed by atoms with Gasteiger partial charge in [-0.15, -0.1) is 0 Å². The van der Waals surface area contributed by atoms with Crippen molar-refractivity contribution >= 4 is 11.4 Å². The Morgan fingerprint density at radius 2 is 2.10 bits per heavy atom. The van der Waals surface area contributed by atoms with Gasteiger partial charge in [0, 0.05) is 52.4 Å². The fraction of sp³-hybridized carbons (Fsp3) is 0.571. The van der Waals surface area contributed by atoms with E-state index in [1.165, 1.54) is 0 Å². The molecule has 1 heterocycles. The van der Waals surface area contributed by atoms with Crippen molar-refractivity contribution in [2.24, 2.45) is 0 Å². The molecule has 20 heavy (non-hydrogen) atoms. The Balaban J connectivity index is 2.04. The lowest BCUT2D eigenvalue weighted by Crippen LogP contribution is -2.46. The molecule has 110 valence electrons. The number of nitrogens with zero attached hydrogens (tertiary/aromatic N) is 3. The number of nitro groups is 1. The van der Waals surface area contributed by atoms with Crippen molar-refractivity contribution in [2.75, 3.05) is 51.2 Å². The van der Waals surface area contributed by atoms with E-state index >= 15 is 0 Å². The number of rotatable bonds is 5. The fourth-order valence-corrected chi connectivity index (χ4v) is 2.63. The molecule has 0 spiro atoms. The number of nitro benzene ring substituents is 1. The number of aryl methyl sites for hydroxylation is 1. The highest BCUT2D eigenvalue weighted by atomic mass is 16.6. The number of piperazine rings is 1. The lowest BCUT2D eigenvalue weighted by Gasteiger charge is -2.30. The number of nitrogens with one attached hydrogen (secondary N) is 1. The van der Waals surface area contributed by atoms with Gasteiger partial charge in [-0.1, -0.05) is 12.1 Å². The molecular formula is C14H22N4O2. The minimum atomic E-state index is -0.302. The van der Waals surface area contributed by atoms with Gasteiger partial charge in [-0.25, -0.2) is 0 Å². The van der Waals surface area contributed by atoms with Crippen molar-refractivity contribution in [3.05, 3.63) is 33.9 Å². The minimum Gasteiger partial charge on any atom is -0.368 e. The van der Waals surface area contributed by atoms with Crippen LogP contribution < -0.4 is 10.2 Å². The molecule has 1 aliphatic rings. The minimum absolute atomic E-state index is 0.188. The Bertz CT molecular complexity index is 472. The molecule has 1 N–H and O–H groups in total. The molecule has 1 fully saturated rings. The summed E-state index contributed by atoms with van der Waals surface area (Å²) >= 11 is 0. The SMILES string of the molecule is Cc1cccc([N+](=O)[O-])c1N(C)CCN1CCNCC1. The van der Waals surface area contributed by atoms with Gasteiger partial charge in [-0.3, -0.25) is 15.0 Å². The highest BCUT2D eigenvalue weighted by molar-refractivity contribution is 5.67. The predicted octanol–water partition coefficient (Wildman–Crippen LogP) is 1.24. The second kappa shape index (κ2) is 6.67. The Labute approximate surface area is 119 Å². The van der Waals surface area contributed by atoms with E-state index in [-0.39, 0.29) is 10.6 Å². The molecule has 0 atom stereocenters. The average molecular weight is 278 g/mol. The van der Waals surface area contributed by atoms with E-state index in [4.69, 9.17) is 0 Å². The lowest BCUT2D eigenvalue weighted by atomic mass is 10.1. The smallest absolute Gasteiger partial charge is 0.292 e. The summed E-state index contributed by atoms with van der Waals surface area (Å²) in [4.78, 5) is 15.2. The third-order valence-electron chi connectivity index (χ3n) is 3.76. The van der Waals surface area contributed by atoms with Crippen LogP contribution in [0, 0.1) is 17.0 Å². The molecular weight excluding hydrogens is 256 g/mol. The molecule has 0 radical (unpaired) electrons. The Kier molecular flexibility index (Phi) is 4.92. The maximum Gasteiger partial charge on any atom is 0.292 e. The zero-order valence-electron chi connectivity index (χ0n) is 12.1. The first-order valence-electron chi connectivity index (χ1n) is 6.98. The van der Waals surface area contributed by atoms with Gasteiger partial charge in [-0.05, 0) is 12.5 Å².